The van der Waals surface area contributed by atoms with E-state index in [4.69, 9.17) is 17.2 Å². The molecule has 0 unspecified atom stereocenters. The maximum atomic E-state index is 12.1. The van der Waals surface area contributed by atoms with Gasteiger partial charge in [-0.1, -0.05) is 0 Å². The Morgan fingerprint density at radius 1 is 1.11 bits per heavy atom. The van der Waals surface area contributed by atoms with Crippen LogP contribution < -0.4 is 17.2 Å². The highest BCUT2D eigenvalue weighted by Crippen LogP contribution is 2.20. The predicted octanol–water partition coefficient (Wildman–Crippen LogP) is -1.61. The van der Waals surface area contributed by atoms with Crippen molar-refractivity contribution < 1.29 is 19.5 Å². The molecule has 0 heterocycles. The lowest BCUT2D eigenvalue weighted by Crippen LogP contribution is -2.43. The van der Waals surface area contributed by atoms with Crippen molar-refractivity contribution in [3.8, 4) is 5.75 Å². The molecule has 0 saturated carbocycles. The van der Waals surface area contributed by atoms with Gasteiger partial charge in [0, 0.05) is 5.69 Å². The minimum atomic E-state index is -0.798. The minimum Gasteiger partial charge on any atom is -0.508 e. The molecule has 0 aliphatic heterocycles. The van der Waals surface area contributed by atoms with Gasteiger partial charge in [0.15, 0.2) is 0 Å². The SMILES string of the molecule is NC(=O)CN(CC(N)=O)C(=O)c1cc(O)ccc1N. The second-order valence-electron chi connectivity index (χ2n) is 3.87. The van der Waals surface area contributed by atoms with Gasteiger partial charge in [0.25, 0.3) is 5.91 Å². The van der Waals surface area contributed by atoms with Gasteiger partial charge in [-0.25, -0.2) is 0 Å². The molecule has 1 aromatic rings. The van der Waals surface area contributed by atoms with Crippen molar-refractivity contribution in [1.29, 1.82) is 0 Å². The molecule has 1 aromatic carbocycles. The quantitative estimate of drug-likeness (QED) is 0.373. The first-order chi connectivity index (χ1) is 8.81. The number of carbonyl (C=O) groups is 3. The Bertz CT molecular complexity index is 513. The number of primary amides is 2. The summed E-state index contributed by atoms with van der Waals surface area (Å²) in [5, 5.41) is 9.32. The zero-order valence-electron chi connectivity index (χ0n) is 10.00. The molecule has 0 aliphatic rings. The van der Waals surface area contributed by atoms with Gasteiger partial charge < -0.3 is 27.2 Å². The highest BCUT2D eigenvalue weighted by atomic mass is 16.3. The summed E-state index contributed by atoms with van der Waals surface area (Å²) in [7, 11) is 0. The van der Waals surface area contributed by atoms with E-state index in [2.05, 4.69) is 0 Å². The Morgan fingerprint density at radius 2 is 1.63 bits per heavy atom. The van der Waals surface area contributed by atoms with Crippen LogP contribution in [-0.4, -0.2) is 40.8 Å². The van der Waals surface area contributed by atoms with Crippen molar-refractivity contribution in [3.63, 3.8) is 0 Å². The van der Waals surface area contributed by atoms with Crippen LogP contribution >= 0.6 is 0 Å². The molecule has 0 aromatic heterocycles. The highest BCUT2D eigenvalue weighted by molar-refractivity contribution is 6.02. The molecular formula is C11H14N4O4. The number of aromatic hydroxyl groups is 1. The standard InChI is InChI=1S/C11H14N4O4/c12-8-2-1-6(16)3-7(8)11(19)15(4-9(13)17)5-10(14)18/h1-3,16H,4-5,12H2,(H2,13,17)(H2,14,18). The lowest BCUT2D eigenvalue weighted by molar-refractivity contribution is -0.121. The Morgan fingerprint density at radius 3 is 2.11 bits per heavy atom. The van der Waals surface area contributed by atoms with E-state index in [1.807, 2.05) is 0 Å². The van der Waals surface area contributed by atoms with Crippen molar-refractivity contribution >= 4 is 23.4 Å². The van der Waals surface area contributed by atoms with Crippen LogP contribution in [0.4, 0.5) is 5.69 Å². The van der Waals surface area contributed by atoms with E-state index >= 15 is 0 Å². The molecule has 0 fully saturated rings. The number of nitrogen functional groups attached to an aromatic ring is 1. The van der Waals surface area contributed by atoms with Crippen LogP contribution in [0.2, 0.25) is 0 Å². The van der Waals surface area contributed by atoms with Crippen LogP contribution in [0.25, 0.3) is 0 Å². The van der Waals surface area contributed by atoms with Crippen LogP contribution in [0.1, 0.15) is 10.4 Å². The lowest BCUT2D eigenvalue weighted by atomic mass is 10.1. The zero-order valence-corrected chi connectivity index (χ0v) is 10.00. The number of nitrogens with zero attached hydrogens (tertiary/aromatic N) is 1. The first-order valence-electron chi connectivity index (χ1n) is 5.25. The van der Waals surface area contributed by atoms with Crippen molar-refractivity contribution in [2.24, 2.45) is 11.5 Å². The van der Waals surface area contributed by atoms with E-state index in [9.17, 15) is 19.5 Å². The fourth-order valence-electron chi connectivity index (χ4n) is 1.48. The van der Waals surface area contributed by atoms with Crippen LogP contribution in [0.5, 0.6) is 5.75 Å². The molecule has 8 heteroatoms. The Labute approximate surface area is 108 Å². The molecule has 0 atom stereocenters. The van der Waals surface area contributed by atoms with Crippen LogP contribution in [0.15, 0.2) is 18.2 Å². The van der Waals surface area contributed by atoms with E-state index in [1.165, 1.54) is 12.1 Å². The molecule has 102 valence electrons. The summed E-state index contributed by atoms with van der Waals surface area (Å²) in [6.45, 7) is -0.951. The monoisotopic (exact) mass is 266 g/mol. The largest absolute Gasteiger partial charge is 0.508 e. The zero-order chi connectivity index (χ0) is 14.6. The maximum absolute atomic E-state index is 12.1. The van der Waals surface area contributed by atoms with Crippen LogP contribution in [-0.2, 0) is 9.59 Å². The Hall–Kier alpha value is -2.77. The van der Waals surface area contributed by atoms with Gasteiger partial charge in [-0.2, -0.15) is 0 Å². The van der Waals surface area contributed by atoms with Gasteiger partial charge in [0.2, 0.25) is 11.8 Å². The fourth-order valence-corrected chi connectivity index (χ4v) is 1.48. The number of phenolic OH excluding ortho intramolecular Hbond substituents is 1. The number of carbonyl (C=O) groups excluding carboxylic acids is 3. The van der Waals surface area contributed by atoms with Crippen molar-refractivity contribution in [1.82, 2.24) is 4.90 Å². The van der Waals surface area contributed by atoms with Gasteiger partial charge >= 0.3 is 0 Å². The molecule has 19 heavy (non-hydrogen) atoms. The van der Waals surface area contributed by atoms with Crippen molar-refractivity contribution in [2.45, 2.75) is 0 Å². The van der Waals surface area contributed by atoms with Crippen molar-refractivity contribution in [2.75, 3.05) is 18.8 Å². The van der Waals surface area contributed by atoms with Gasteiger partial charge in [0.1, 0.15) is 18.8 Å². The number of amides is 3. The third-order valence-electron chi connectivity index (χ3n) is 2.25. The number of phenols is 1. The summed E-state index contributed by atoms with van der Waals surface area (Å²) in [5.41, 5.74) is 15.6. The van der Waals surface area contributed by atoms with Gasteiger partial charge in [-0.15, -0.1) is 0 Å². The minimum absolute atomic E-state index is 0.0394. The molecule has 0 radical (unpaired) electrons. The van der Waals surface area contributed by atoms with E-state index in [0.717, 1.165) is 11.0 Å². The first-order valence-corrected chi connectivity index (χ1v) is 5.25. The molecule has 0 bridgehead atoms. The topological polar surface area (TPSA) is 153 Å². The van der Waals surface area contributed by atoms with Gasteiger partial charge in [-0.3, -0.25) is 14.4 Å². The van der Waals surface area contributed by atoms with E-state index in [0.29, 0.717) is 0 Å². The maximum Gasteiger partial charge on any atom is 0.257 e. The summed E-state index contributed by atoms with van der Waals surface area (Å²) in [4.78, 5) is 34.7. The highest BCUT2D eigenvalue weighted by Gasteiger charge is 2.21. The number of rotatable bonds is 5. The molecule has 0 saturated heterocycles. The summed E-state index contributed by atoms with van der Waals surface area (Å²) in [6, 6.07) is 3.76. The second-order valence-corrected chi connectivity index (χ2v) is 3.87. The fraction of sp³-hybridized carbons (Fsp3) is 0.182. The van der Waals surface area contributed by atoms with E-state index < -0.39 is 30.8 Å². The average Bonchev–Trinajstić information content (AvgIpc) is 2.29. The number of hydrogen-bond donors (Lipinski definition) is 4. The second kappa shape index (κ2) is 5.71. The van der Waals surface area contributed by atoms with Gasteiger partial charge in [0.05, 0.1) is 5.56 Å². The molecule has 0 aliphatic carbocycles. The summed E-state index contributed by atoms with van der Waals surface area (Å²) in [6.07, 6.45) is 0. The summed E-state index contributed by atoms with van der Waals surface area (Å²) in [5.74, 6) is -2.48. The number of anilines is 1. The number of benzene rings is 1. The third-order valence-corrected chi connectivity index (χ3v) is 2.25. The lowest BCUT2D eigenvalue weighted by Gasteiger charge is -2.20. The van der Waals surface area contributed by atoms with Crippen LogP contribution in [0.3, 0.4) is 0 Å². The molecule has 1 rings (SSSR count). The number of hydrogen-bond acceptors (Lipinski definition) is 5. The Balaban J connectivity index is 3.07. The smallest absolute Gasteiger partial charge is 0.257 e. The van der Waals surface area contributed by atoms with Crippen LogP contribution in [0, 0.1) is 0 Å². The molecule has 3 amide bonds. The van der Waals surface area contributed by atoms with Gasteiger partial charge in [-0.05, 0) is 18.2 Å². The van der Waals surface area contributed by atoms with E-state index in [-0.39, 0.29) is 17.0 Å². The summed E-state index contributed by atoms with van der Waals surface area (Å²) < 4.78 is 0. The Kier molecular flexibility index (Phi) is 4.30. The average molecular weight is 266 g/mol. The molecule has 0 spiro atoms. The number of nitrogens with two attached hydrogens (primary N) is 3. The third kappa shape index (κ3) is 3.87. The first kappa shape index (κ1) is 14.3. The normalized spacial score (nSPS) is 9.89. The predicted molar refractivity (Wildman–Crippen MR) is 66.8 cm³/mol. The summed E-state index contributed by atoms with van der Waals surface area (Å²) >= 11 is 0. The molecule has 7 N–H and O–H groups in total. The van der Waals surface area contributed by atoms with E-state index in [1.54, 1.807) is 0 Å². The molecular weight excluding hydrogens is 252 g/mol. The van der Waals surface area contributed by atoms with Crippen molar-refractivity contribution in [3.05, 3.63) is 23.8 Å². The molecule has 8 nitrogen and oxygen atoms in total.